The van der Waals surface area contributed by atoms with Gasteiger partial charge in [-0.3, -0.25) is 4.98 Å². The molecule has 1 aliphatic rings. The molecule has 0 bridgehead atoms. The highest BCUT2D eigenvalue weighted by molar-refractivity contribution is 7.80. The minimum absolute atomic E-state index is 0.704. The first-order chi connectivity index (χ1) is 13.1. The van der Waals surface area contributed by atoms with Crippen LogP contribution in [0.5, 0.6) is 0 Å². The fourth-order valence-electron chi connectivity index (χ4n) is 3.27. The molecule has 0 spiro atoms. The van der Waals surface area contributed by atoms with Crippen LogP contribution in [-0.2, 0) is 0 Å². The summed E-state index contributed by atoms with van der Waals surface area (Å²) < 4.78 is 0. The first-order valence-corrected chi connectivity index (χ1v) is 9.87. The second-order valence-corrected chi connectivity index (χ2v) is 7.66. The van der Waals surface area contributed by atoms with Crippen molar-refractivity contribution in [2.45, 2.75) is 0 Å². The molecule has 0 radical (unpaired) electrons. The maximum Gasteiger partial charge on any atom is 0.173 e. The summed E-state index contributed by atoms with van der Waals surface area (Å²) in [4.78, 5) is 9.00. The summed E-state index contributed by atoms with van der Waals surface area (Å²) in [6.07, 6.45) is 1.84. The van der Waals surface area contributed by atoms with Crippen LogP contribution < -0.4 is 10.2 Å². The van der Waals surface area contributed by atoms with Crippen LogP contribution in [0.15, 0.2) is 54.7 Å². The van der Waals surface area contributed by atoms with Gasteiger partial charge in [-0.05, 0) is 60.7 Å². The van der Waals surface area contributed by atoms with Crippen LogP contribution in [-0.4, -0.2) is 41.2 Å². The van der Waals surface area contributed by atoms with E-state index in [0.717, 1.165) is 47.9 Å². The lowest BCUT2D eigenvalue weighted by Gasteiger charge is -2.37. The van der Waals surface area contributed by atoms with E-state index in [1.54, 1.807) is 0 Å². The largest absolute Gasteiger partial charge is 0.367 e. The number of piperazine rings is 1. The van der Waals surface area contributed by atoms with E-state index in [-0.39, 0.29) is 0 Å². The lowest BCUT2D eigenvalue weighted by molar-refractivity contribution is 0.391. The Balaban J connectivity index is 1.43. The fourth-order valence-corrected chi connectivity index (χ4v) is 3.86. The third-order valence-corrected chi connectivity index (χ3v) is 5.53. The number of pyridine rings is 1. The van der Waals surface area contributed by atoms with E-state index in [9.17, 15) is 0 Å². The molecule has 1 fully saturated rings. The lowest BCUT2D eigenvalue weighted by atomic mass is 10.1. The summed E-state index contributed by atoms with van der Waals surface area (Å²) in [6.45, 7) is 3.50. The number of anilines is 2. The molecule has 27 heavy (non-hydrogen) atoms. The Morgan fingerprint density at radius 3 is 2.37 bits per heavy atom. The van der Waals surface area contributed by atoms with Crippen molar-refractivity contribution in [1.29, 1.82) is 0 Å². The minimum atomic E-state index is 0.704. The summed E-state index contributed by atoms with van der Waals surface area (Å²) in [5, 5.41) is 6.56. The predicted octanol–water partition coefficient (Wildman–Crippen LogP) is 5.06. The molecular formula is C20H18Cl2N4S. The Labute approximate surface area is 173 Å². The van der Waals surface area contributed by atoms with Crippen LogP contribution in [0, 0.1) is 0 Å². The van der Waals surface area contributed by atoms with Crippen LogP contribution in [0.4, 0.5) is 11.4 Å². The van der Waals surface area contributed by atoms with Gasteiger partial charge in [-0.15, -0.1) is 0 Å². The average molecular weight is 417 g/mol. The topological polar surface area (TPSA) is 31.4 Å². The Morgan fingerprint density at radius 1 is 0.926 bits per heavy atom. The predicted molar refractivity (Wildman–Crippen MR) is 118 cm³/mol. The van der Waals surface area contributed by atoms with Gasteiger partial charge in [0, 0.05) is 59.2 Å². The number of thiocarbonyl (C=S) groups is 1. The highest BCUT2D eigenvalue weighted by Gasteiger charge is 2.20. The van der Waals surface area contributed by atoms with Crippen molar-refractivity contribution in [3.05, 3.63) is 64.8 Å². The number of benzene rings is 2. The van der Waals surface area contributed by atoms with E-state index in [1.165, 1.54) is 5.69 Å². The zero-order valence-corrected chi connectivity index (χ0v) is 16.9. The van der Waals surface area contributed by atoms with Gasteiger partial charge in [0.1, 0.15) is 0 Å². The second kappa shape index (κ2) is 7.89. The van der Waals surface area contributed by atoms with E-state index in [1.807, 2.05) is 48.7 Å². The van der Waals surface area contributed by atoms with Gasteiger partial charge >= 0.3 is 0 Å². The van der Waals surface area contributed by atoms with Crippen LogP contribution in [0.3, 0.4) is 0 Å². The standard InChI is InChI=1S/C20H18Cl2N4S/c21-14-1-4-16(5-2-14)24-20(27)26-11-9-25(10-12-26)19-7-8-23-18-13-15(22)3-6-17(18)19/h1-8,13H,9-12H2,(H,24,27). The molecule has 0 amide bonds. The Kier molecular flexibility index (Phi) is 5.34. The quantitative estimate of drug-likeness (QED) is 0.589. The number of hydrogen-bond donors (Lipinski definition) is 1. The Morgan fingerprint density at radius 2 is 1.63 bits per heavy atom. The van der Waals surface area contributed by atoms with Crippen LogP contribution in [0.2, 0.25) is 10.0 Å². The Hall–Kier alpha value is -2.08. The normalized spacial score (nSPS) is 14.4. The second-order valence-electron chi connectivity index (χ2n) is 6.40. The molecule has 0 unspecified atom stereocenters. The molecule has 2 aromatic carbocycles. The van der Waals surface area contributed by atoms with E-state index >= 15 is 0 Å². The van der Waals surface area contributed by atoms with Crippen molar-refractivity contribution in [3.8, 4) is 0 Å². The van der Waals surface area contributed by atoms with Gasteiger partial charge < -0.3 is 15.1 Å². The van der Waals surface area contributed by atoms with Gasteiger partial charge in [-0.25, -0.2) is 0 Å². The van der Waals surface area contributed by atoms with Crippen molar-refractivity contribution in [2.75, 3.05) is 36.4 Å². The lowest BCUT2D eigenvalue weighted by Crippen LogP contribution is -2.50. The number of fused-ring (bicyclic) bond motifs is 1. The van der Waals surface area contributed by atoms with E-state index in [4.69, 9.17) is 35.4 Å². The van der Waals surface area contributed by atoms with Crippen LogP contribution in [0.25, 0.3) is 10.9 Å². The smallest absolute Gasteiger partial charge is 0.173 e. The van der Waals surface area contributed by atoms with Crippen LogP contribution >= 0.6 is 35.4 Å². The van der Waals surface area contributed by atoms with E-state index < -0.39 is 0 Å². The summed E-state index contributed by atoms with van der Waals surface area (Å²) >= 11 is 17.6. The summed E-state index contributed by atoms with van der Waals surface area (Å²) in [5.41, 5.74) is 3.05. The highest BCUT2D eigenvalue weighted by atomic mass is 35.5. The third-order valence-electron chi connectivity index (χ3n) is 4.68. The zero-order valence-electron chi connectivity index (χ0n) is 14.5. The van der Waals surface area contributed by atoms with Crippen molar-refractivity contribution < 1.29 is 0 Å². The molecule has 4 rings (SSSR count). The third kappa shape index (κ3) is 4.10. The van der Waals surface area contributed by atoms with Crippen molar-refractivity contribution in [1.82, 2.24) is 9.88 Å². The maximum atomic E-state index is 6.10. The number of nitrogens with zero attached hydrogens (tertiary/aromatic N) is 3. The van der Waals surface area contributed by atoms with E-state index in [0.29, 0.717) is 10.0 Å². The zero-order chi connectivity index (χ0) is 18.8. The molecule has 1 aliphatic heterocycles. The number of rotatable bonds is 2. The van der Waals surface area contributed by atoms with Gasteiger partial charge in [0.25, 0.3) is 0 Å². The van der Waals surface area contributed by atoms with Crippen molar-refractivity contribution >= 4 is 62.8 Å². The molecule has 138 valence electrons. The first kappa shape index (κ1) is 18.3. The molecule has 7 heteroatoms. The molecule has 4 nitrogen and oxygen atoms in total. The van der Waals surface area contributed by atoms with Crippen LogP contribution in [0.1, 0.15) is 0 Å². The number of nitrogens with one attached hydrogen (secondary N) is 1. The first-order valence-electron chi connectivity index (χ1n) is 8.71. The SMILES string of the molecule is S=C(Nc1ccc(Cl)cc1)N1CCN(c2ccnc3cc(Cl)ccc23)CC1. The van der Waals surface area contributed by atoms with E-state index in [2.05, 4.69) is 26.2 Å². The minimum Gasteiger partial charge on any atom is -0.367 e. The molecule has 2 heterocycles. The van der Waals surface area contributed by atoms with Gasteiger partial charge in [0.05, 0.1) is 5.52 Å². The van der Waals surface area contributed by atoms with Crippen molar-refractivity contribution in [2.24, 2.45) is 0 Å². The number of hydrogen-bond acceptors (Lipinski definition) is 3. The summed E-state index contributed by atoms with van der Waals surface area (Å²) in [5.74, 6) is 0. The molecular weight excluding hydrogens is 399 g/mol. The molecule has 1 saturated heterocycles. The molecule has 0 atom stereocenters. The Bertz CT molecular complexity index is 969. The van der Waals surface area contributed by atoms with Gasteiger partial charge in [-0.2, -0.15) is 0 Å². The van der Waals surface area contributed by atoms with Crippen molar-refractivity contribution in [3.63, 3.8) is 0 Å². The van der Waals surface area contributed by atoms with Gasteiger partial charge in [-0.1, -0.05) is 23.2 Å². The molecule has 0 saturated carbocycles. The summed E-state index contributed by atoms with van der Waals surface area (Å²) in [6, 6.07) is 15.5. The number of aromatic nitrogens is 1. The summed E-state index contributed by atoms with van der Waals surface area (Å²) in [7, 11) is 0. The number of halogens is 2. The van der Waals surface area contributed by atoms with Gasteiger partial charge in [0.15, 0.2) is 5.11 Å². The average Bonchev–Trinajstić information content (AvgIpc) is 2.69. The monoisotopic (exact) mass is 416 g/mol. The highest BCUT2D eigenvalue weighted by Crippen LogP contribution is 2.28. The molecule has 0 aliphatic carbocycles. The molecule has 3 aromatic rings. The molecule has 1 aromatic heterocycles. The molecule has 1 N–H and O–H groups in total. The maximum absolute atomic E-state index is 6.10. The fraction of sp³-hybridized carbons (Fsp3) is 0.200. The van der Waals surface area contributed by atoms with Gasteiger partial charge in [0.2, 0.25) is 0 Å².